The first kappa shape index (κ1) is 20.8. The number of carbonyl (C=O) groups is 3. The topological polar surface area (TPSA) is 83.9 Å². The van der Waals surface area contributed by atoms with Crippen molar-refractivity contribution in [2.45, 2.75) is 61.7 Å². The third-order valence-corrected chi connectivity index (χ3v) is 8.05. The Hall–Kier alpha value is -0.930. The van der Waals surface area contributed by atoms with E-state index in [1.807, 2.05) is 6.08 Å². The van der Waals surface area contributed by atoms with Crippen LogP contribution in [0.15, 0.2) is 20.9 Å². The standard InChI is InChI=1S/C18H22BrNO5S2/c1-17(2,3)25-15(22)18(5-4-6-20(18)16(23)24)9-10(21)11-7-12-13(26-11)8-14(19)27-12/h7-8,12-13H,4-6,9H2,1-3H3,(H,23,24). The number of amides is 1. The summed E-state index contributed by atoms with van der Waals surface area (Å²) in [6.07, 6.45) is 3.45. The number of halogens is 1. The molecule has 0 spiro atoms. The maximum absolute atomic E-state index is 13.0. The summed E-state index contributed by atoms with van der Waals surface area (Å²) >= 11 is 6.59. The van der Waals surface area contributed by atoms with E-state index in [2.05, 4.69) is 22.0 Å². The molecule has 1 N–H and O–H groups in total. The molecule has 3 heterocycles. The van der Waals surface area contributed by atoms with Gasteiger partial charge in [-0.25, -0.2) is 9.59 Å². The van der Waals surface area contributed by atoms with Gasteiger partial charge < -0.3 is 9.84 Å². The van der Waals surface area contributed by atoms with E-state index in [9.17, 15) is 19.5 Å². The van der Waals surface area contributed by atoms with E-state index < -0.39 is 23.2 Å². The lowest BCUT2D eigenvalue weighted by Crippen LogP contribution is -2.56. The number of fused-ring (bicyclic) bond motifs is 1. The average Bonchev–Trinajstić information content (AvgIpc) is 3.18. The van der Waals surface area contributed by atoms with Gasteiger partial charge in [-0.05, 0) is 55.6 Å². The van der Waals surface area contributed by atoms with Crippen molar-refractivity contribution in [3.05, 3.63) is 20.9 Å². The molecule has 3 aliphatic rings. The van der Waals surface area contributed by atoms with Crippen molar-refractivity contribution in [2.24, 2.45) is 0 Å². The van der Waals surface area contributed by atoms with Crippen LogP contribution in [0.2, 0.25) is 0 Å². The van der Waals surface area contributed by atoms with Crippen molar-refractivity contribution in [2.75, 3.05) is 6.54 Å². The van der Waals surface area contributed by atoms with Crippen molar-refractivity contribution in [1.29, 1.82) is 0 Å². The highest BCUT2D eigenvalue weighted by molar-refractivity contribution is 9.14. The van der Waals surface area contributed by atoms with E-state index >= 15 is 0 Å². The third-order valence-electron chi connectivity index (χ3n) is 4.67. The molecule has 27 heavy (non-hydrogen) atoms. The zero-order valence-corrected chi connectivity index (χ0v) is 18.6. The Morgan fingerprint density at radius 3 is 2.56 bits per heavy atom. The van der Waals surface area contributed by atoms with Crippen molar-refractivity contribution < 1.29 is 24.2 Å². The monoisotopic (exact) mass is 475 g/mol. The molecule has 0 aliphatic carbocycles. The van der Waals surface area contributed by atoms with Crippen LogP contribution in [0.1, 0.15) is 40.0 Å². The molecule has 3 aliphatic heterocycles. The van der Waals surface area contributed by atoms with E-state index in [1.54, 1.807) is 32.5 Å². The van der Waals surface area contributed by atoms with E-state index in [0.717, 1.165) is 8.71 Å². The second kappa shape index (κ2) is 7.48. The fourth-order valence-corrected chi connectivity index (χ4v) is 7.19. The predicted octanol–water partition coefficient (Wildman–Crippen LogP) is 4.15. The highest BCUT2D eigenvalue weighted by Gasteiger charge is 2.54. The van der Waals surface area contributed by atoms with Crippen LogP contribution in [-0.2, 0) is 14.3 Å². The molecular formula is C18H22BrNO5S2. The lowest BCUT2D eigenvalue weighted by atomic mass is 9.89. The summed E-state index contributed by atoms with van der Waals surface area (Å²) in [6.45, 7) is 5.43. The Labute approximate surface area is 175 Å². The van der Waals surface area contributed by atoms with Crippen molar-refractivity contribution in [3.63, 3.8) is 0 Å². The lowest BCUT2D eigenvalue weighted by molar-refractivity contribution is -0.168. The van der Waals surface area contributed by atoms with Crippen LogP contribution in [0, 0.1) is 0 Å². The summed E-state index contributed by atoms with van der Waals surface area (Å²) < 4.78 is 6.58. The van der Waals surface area contributed by atoms with Crippen LogP contribution in [0.3, 0.4) is 0 Å². The number of hydrogen-bond acceptors (Lipinski definition) is 6. The van der Waals surface area contributed by atoms with Gasteiger partial charge in [0.1, 0.15) is 5.60 Å². The summed E-state index contributed by atoms with van der Waals surface area (Å²) in [6, 6.07) is 0. The number of hydrogen-bond donors (Lipinski definition) is 1. The number of carbonyl (C=O) groups excluding carboxylic acids is 2. The minimum atomic E-state index is -1.45. The fourth-order valence-electron chi connectivity index (χ4n) is 3.54. The maximum Gasteiger partial charge on any atom is 0.408 e. The highest BCUT2D eigenvalue weighted by Crippen LogP contribution is 2.50. The Kier molecular flexibility index (Phi) is 5.76. The third kappa shape index (κ3) is 4.24. The molecule has 3 rings (SSSR count). The SMILES string of the molecule is CC(C)(C)OC(=O)C1(CC(=O)C2=CC3SC(Br)=CC3S2)CCCN1C(=O)O. The second-order valence-corrected chi connectivity index (χ2v) is 11.7. The number of nitrogens with zero attached hydrogens (tertiary/aromatic N) is 1. The second-order valence-electron chi connectivity index (χ2n) is 7.84. The van der Waals surface area contributed by atoms with Crippen LogP contribution in [0.4, 0.5) is 4.79 Å². The lowest BCUT2D eigenvalue weighted by Gasteiger charge is -2.36. The number of likely N-dealkylation sites (tertiary alicyclic amines) is 1. The molecule has 1 amide bonds. The minimum absolute atomic E-state index is 0.179. The van der Waals surface area contributed by atoms with Gasteiger partial charge in [-0.3, -0.25) is 9.69 Å². The quantitative estimate of drug-likeness (QED) is 0.611. The Morgan fingerprint density at radius 1 is 1.30 bits per heavy atom. The van der Waals surface area contributed by atoms with Gasteiger partial charge in [0.25, 0.3) is 0 Å². The molecule has 0 aromatic carbocycles. The molecule has 0 radical (unpaired) electrons. The molecule has 3 unspecified atom stereocenters. The van der Waals surface area contributed by atoms with Gasteiger partial charge >= 0.3 is 12.1 Å². The van der Waals surface area contributed by atoms with Gasteiger partial charge in [-0.15, -0.1) is 23.5 Å². The fraction of sp³-hybridized carbons (Fsp3) is 0.611. The van der Waals surface area contributed by atoms with E-state index in [-0.39, 0.29) is 29.2 Å². The summed E-state index contributed by atoms with van der Waals surface area (Å²) in [5.41, 5.74) is -2.20. The minimum Gasteiger partial charge on any atom is -0.465 e. The van der Waals surface area contributed by atoms with Crippen LogP contribution in [0.5, 0.6) is 0 Å². The average molecular weight is 476 g/mol. The predicted molar refractivity (Wildman–Crippen MR) is 110 cm³/mol. The van der Waals surface area contributed by atoms with Gasteiger partial charge in [0, 0.05) is 32.2 Å². The van der Waals surface area contributed by atoms with Gasteiger partial charge in [0.05, 0.1) is 0 Å². The number of esters is 1. The number of ether oxygens (including phenoxy) is 1. The summed E-state index contributed by atoms with van der Waals surface area (Å²) in [4.78, 5) is 39.4. The van der Waals surface area contributed by atoms with Crippen LogP contribution in [-0.4, -0.2) is 56.0 Å². The summed E-state index contributed by atoms with van der Waals surface area (Å²) in [7, 11) is 0. The van der Waals surface area contributed by atoms with Crippen LogP contribution in [0.25, 0.3) is 0 Å². The van der Waals surface area contributed by atoms with Crippen LogP contribution < -0.4 is 0 Å². The van der Waals surface area contributed by atoms with Crippen molar-refractivity contribution in [3.8, 4) is 0 Å². The number of ketones is 1. The van der Waals surface area contributed by atoms with Crippen molar-refractivity contribution >= 4 is 57.3 Å². The molecule has 1 saturated heterocycles. The van der Waals surface area contributed by atoms with Gasteiger partial charge in [0.15, 0.2) is 11.3 Å². The normalized spacial score (nSPS) is 30.0. The summed E-state index contributed by atoms with van der Waals surface area (Å²) in [5, 5.41) is 9.99. The Morgan fingerprint density at radius 2 is 1.96 bits per heavy atom. The molecule has 0 bridgehead atoms. The molecule has 3 atom stereocenters. The first-order valence-corrected chi connectivity index (χ1v) is 11.3. The molecule has 148 valence electrons. The number of thioether (sulfide) groups is 2. The van der Waals surface area contributed by atoms with E-state index in [0.29, 0.717) is 17.7 Å². The zero-order chi connectivity index (χ0) is 20.0. The Balaban J connectivity index is 1.82. The Bertz CT molecular complexity index is 745. The molecule has 0 aromatic rings. The molecule has 0 aromatic heterocycles. The molecule has 1 fully saturated rings. The highest BCUT2D eigenvalue weighted by atomic mass is 79.9. The molecule has 6 nitrogen and oxygen atoms in total. The maximum atomic E-state index is 13.0. The van der Waals surface area contributed by atoms with Gasteiger partial charge in [-0.2, -0.15) is 0 Å². The molecule has 0 saturated carbocycles. The summed E-state index contributed by atoms with van der Waals surface area (Å²) in [5.74, 6) is -0.831. The van der Waals surface area contributed by atoms with E-state index in [1.165, 1.54) is 11.8 Å². The first-order valence-electron chi connectivity index (χ1n) is 8.71. The first-order chi connectivity index (χ1) is 12.5. The number of carboxylic acid groups (broad SMARTS) is 1. The molecule has 9 heteroatoms. The zero-order valence-electron chi connectivity index (χ0n) is 15.4. The number of rotatable bonds is 4. The van der Waals surface area contributed by atoms with Gasteiger partial charge in [0.2, 0.25) is 0 Å². The van der Waals surface area contributed by atoms with E-state index in [4.69, 9.17) is 4.74 Å². The molecular weight excluding hydrogens is 454 g/mol. The number of allylic oxidation sites excluding steroid dienone is 1. The van der Waals surface area contributed by atoms with Crippen LogP contribution >= 0.6 is 39.5 Å². The largest absolute Gasteiger partial charge is 0.465 e. The smallest absolute Gasteiger partial charge is 0.408 e. The van der Waals surface area contributed by atoms with Crippen molar-refractivity contribution in [1.82, 2.24) is 4.90 Å². The van der Waals surface area contributed by atoms with Gasteiger partial charge in [-0.1, -0.05) is 6.08 Å². The number of Topliss-reactive ketones (excluding diaryl/α,β-unsaturated/α-hetero) is 1.